The highest BCUT2D eigenvalue weighted by atomic mass is 127. The van der Waals surface area contributed by atoms with E-state index in [0.29, 0.717) is 5.69 Å². The molecule has 1 amide bonds. The number of benzene rings is 2. The van der Waals surface area contributed by atoms with Crippen LogP contribution in [0, 0.1) is 3.57 Å². The second-order valence-electron chi connectivity index (χ2n) is 6.59. The van der Waals surface area contributed by atoms with Crippen LogP contribution in [0.2, 0.25) is 0 Å². The summed E-state index contributed by atoms with van der Waals surface area (Å²) in [5.74, 6) is -0.441. The minimum Gasteiger partial charge on any atom is -0.496 e. The Bertz CT molecular complexity index is 1020. The number of methoxy groups -OCH3 is 1. The van der Waals surface area contributed by atoms with Crippen molar-refractivity contribution in [2.45, 2.75) is 19.3 Å². The number of carbonyl (C=O) groups excluding carboxylic acids is 1. The molecular formula is C19H16F3IN4O2. The summed E-state index contributed by atoms with van der Waals surface area (Å²) in [6.07, 6.45) is -3.62. The number of rotatable bonds is 4. The van der Waals surface area contributed by atoms with Crippen LogP contribution in [0.1, 0.15) is 27.0 Å². The molecule has 0 atom stereocenters. The number of anilines is 1. The van der Waals surface area contributed by atoms with Crippen LogP contribution in [0.25, 0.3) is 0 Å². The Morgan fingerprint density at radius 1 is 1.31 bits per heavy atom. The summed E-state index contributed by atoms with van der Waals surface area (Å²) in [5.41, 5.74) is 3.53. The number of fused-ring (bicyclic) bond motifs is 1. The van der Waals surface area contributed by atoms with Gasteiger partial charge in [-0.3, -0.25) is 4.79 Å². The van der Waals surface area contributed by atoms with Gasteiger partial charge in [0.15, 0.2) is 5.84 Å². The van der Waals surface area contributed by atoms with Gasteiger partial charge >= 0.3 is 6.30 Å². The van der Waals surface area contributed by atoms with Gasteiger partial charge < -0.3 is 15.4 Å². The van der Waals surface area contributed by atoms with Gasteiger partial charge in [0, 0.05) is 21.4 Å². The van der Waals surface area contributed by atoms with Gasteiger partial charge in [-0.15, -0.1) is 23.3 Å². The van der Waals surface area contributed by atoms with E-state index >= 15 is 0 Å². The number of ether oxygens (including phenoxy) is 1. The van der Waals surface area contributed by atoms with Crippen LogP contribution in [-0.4, -0.2) is 36.7 Å². The number of amidine groups is 1. The van der Waals surface area contributed by atoms with Crippen molar-refractivity contribution in [3.63, 3.8) is 0 Å². The average Bonchev–Trinajstić information content (AvgIpc) is 3.49. The Labute approximate surface area is 178 Å². The fourth-order valence-electron chi connectivity index (χ4n) is 3.29. The normalized spacial score (nSPS) is 15.5. The highest BCUT2D eigenvalue weighted by molar-refractivity contribution is 14.1. The summed E-state index contributed by atoms with van der Waals surface area (Å²) in [7, 11) is 1.36. The molecule has 0 fully saturated rings. The Balaban J connectivity index is 1.55. The number of nitrogens with one attached hydrogen (secondary N) is 2. The van der Waals surface area contributed by atoms with Crippen LogP contribution in [-0.2, 0) is 13.0 Å². The molecule has 2 aliphatic rings. The molecule has 0 aliphatic carbocycles. The monoisotopic (exact) mass is 516 g/mol. The zero-order valence-electron chi connectivity index (χ0n) is 15.2. The third-order valence-corrected chi connectivity index (χ3v) is 5.68. The van der Waals surface area contributed by atoms with E-state index in [2.05, 4.69) is 38.3 Å². The third kappa shape index (κ3) is 4.04. The molecule has 29 heavy (non-hydrogen) atoms. The topological polar surface area (TPSA) is 65.7 Å². The molecule has 0 radical (unpaired) electrons. The summed E-state index contributed by atoms with van der Waals surface area (Å²) < 4.78 is 44.3. The Morgan fingerprint density at radius 3 is 2.79 bits per heavy atom. The summed E-state index contributed by atoms with van der Waals surface area (Å²) >= 11 is 2.26. The predicted molar refractivity (Wildman–Crippen MR) is 110 cm³/mol. The highest BCUT2D eigenvalue weighted by Crippen LogP contribution is 2.34. The van der Waals surface area contributed by atoms with E-state index in [1.165, 1.54) is 30.9 Å². The molecule has 0 aromatic heterocycles. The molecule has 2 aromatic rings. The predicted octanol–water partition coefficient (Wildman–Crippen LogP) is 3.69. The van der Waals surface area contributed by atoms with Gasteiger partial charge in [0.05, 0.1) is 12.7 Å². The molecule has 0 spiro atoms. The van der Waals surface area contributed by atoms with E-state index in [4.69, 9.17) is 4.74 Å². The summed E-state index contributed by atoms with van der Waals surface area (Å²) in [5, 5.41) is 9.46. The second kappa shape index (κ2) is 7.48. The first-order chi connectivity index (χ1) is 13.8. The van der Waals surface area contributed by atoms with Gasteiger partial charge in [-0.05, 0) is 70.9 Å². The van der Waals surface area contributed by atoms with Gasteiger partial charge in [0.1, 0.15) is 5.75 Å². The molecule has 152 valence electrons. The zero-order valence-corrected chi connectivity index (χ0v) is 17.4. The molecule has 10 heteroatoms. The van der Waals surface area contributed by atoms with Gasteiger partial charge in [0.2, 0.25) is 0 Å². The van der Waals surface area contributed by atoms with Crippen molar-refractivity contribution in [1.29, 1.82) is 0 Å². The van der Waals surface area contributed by atoms with Gasteiger partial charge in [0.25, 0.3) is 5.91 Å². The maximum absolute atomic E-state index is 12.8. The number of carbonyl (C=O) groups is 1. The number of alkyl halides is 3. The SMILES string of the molecule is COc1cc(C2=NN2C(F)(F)F)ccc1C(=O)Nc1cc(I)c2c(c1)CNCC2. The molecule has 2 heterocycles. The van der Waals surface area contributed by atoms with E-state index in [1.54, 1.807) is 0 Å². The smallest absolute Gasteiger partial charge is 0.496 e. The van der Waals surface area contributed by atoms with Crippen molar-refractivity contribution in [1.82, 2.24) is 10.3 Å². The highest BCUT2D eigenvalue weighted by Gasteiger charge is 2.48. The maximum Gasteiger partial charge on any atom is 0.506 e. The second-order valence-corrected chi connectivity index (χ2v) is 7.76. The van der Waals surface area contributed by atoms with Crippen LogP contribution in [0.15, 0.2) is 35.4 Å². The van der Waals surface area contributed by atoms with E-state index in [-0.39, 0.29) is 27.7 Å². The lowest BCUT2D eigenvalue weighted by molar-refractivity contribution is -0.201. The average molecular weight is 516 g/mol. The van der Waals surface area contributed by atoms with Crippen LogP contribution in [0.3, 0.4) is 0 Å². The lowest BCUT2D eigenvalue weighted by atomic mass is 10.0. The van der Waals surface area contributed by atoms with Crippen molar-refractivity contribution in [2.24, 2.45) is 5.10 Å². The Hall–Kier alpha value is -2.34. The lowest BCUT2D eigenvalue weighted by Crippen LogP contribution is -2.25. The molecule has 0 saturated carbocycles. The van der Waals surface area contributed by atoms with Crippen molar-refractivity contribution in [3.05, 3.63) is 56.2 Å². The molecular weight excluding hydrogens is 500 g/mol. The first-order valence-electron chi connectivity index (χ1n) is 8.75. The van der Waals surface area contributed by atoms with Crippen LogP contribution in [0.5, 0.6) is 5.75 Å². The molecule has 4 rings (SSSR count). The van der Waals surface area contributed by atoms with Crippen LogP contribution < -0.4 is 15.4 Å². The number of halogens is 4. The first-order valence-corrected chi connectivity index (χ1v) is 9.83. The van der Waals surface area contributed by atoms with Crippen molar-refractivity contribution in [2.75, 3.05) is 19.0 Å². The van der Waals surface area contributed by atoms with Crippen LogP contribution >= 0.6 is 22.6 Å². The number of hydrogen-bond donors (Lipinski definition) is 2. The van der Waals surface area contributed by atoms with Crippen LogP contribution in [0.4, 0.5) is 18.9 Å². The van der Waals surface area contributed by atoms with E-state index in [1.807, 2.05) is 12.1 Å². The molecule has 0 bridgehead atoms. The summed E-state index contributed by atoms with van der Waals surface area (Å²) in [4.78, 5) is 12.8. The standard InChI is InChI=1S/C19H16F3IN4O2/c1-29-16-7-10(17-26-27(17)19(20,21)22)2-3-14(16)18(28)25-12-6-11-9-24-5-4-13(11)15(23)8-12/h2-3,6-8,24H,4-5,9H2,1H3,(H,25,28). The number of amides is 1. The van der Waals surface area contributed by atoms with E-state index < -0.39 is 12.2 Å². The molecule has 2 aromatic carbocycles. The number of hydrazone groups is 1. The van der Waals surface area contributed by atoms with E-state index in [9.17, 15) is 18.0 Å². The van der Waals surface area contributed by atoms with Gasteiger partial charge in [-0.1, -0.05) is 6.07 Å². The molecule has 2 N–H and O–H groups in total. The molecule has 2 aliphatic heterocycles. The zero-order chi connectivity index (χ0) is 20.8. The Kier molecular flexibility index (Phi) is 5.15. The van der Waals surface area contributed by atoms with Gasteiger partial charge in [-0.2, -0.15) is 0 Å². The fourth-order valence-corrected chi connectivity index (χ4v) is 4.24. The van der Waals surface area contributed by atoms with Gasteiger partial charge in [-0.25, -0.2) is 0 Å². The molecule has 0 saturated heterocycles. The lowest BCUT2D eigenvalue weighted by Gasteiger charge is -2.20. The largest absolute Gasteiger partial charge is 0.506 e. The third-order valence-electron chi connectivity index (χ3n) is 4.71. The first kappa shape index (κ1) is 20.0. The summed E-state index contributed by atoms with van der Waals surface area (Å²) in [6, 6.07) is 8.07. The number of hydrogen-bond acceptors (Lipinski definition) is 5. The summed E-state index contributed by atoms with van der Waals surface area (Å²) in [6.45, 7) is 1.67. The molecule has 6 nitrogen and oxygen atoms in total. The Morgan fingerprint density at radius 2 is 2.10 bits per heavy atom. The number of nitrogens with zero attached hydrogens (tertiary/aromatic N) is 2. The molecule has 0 unspecified atom stereocenters. The van der Waals surface area contributed by atoms with E-state index in [0.717, 1.165) is 28.6 Å². The quantitative estimate of drug-likeness (QED) is 0.481. The van der Waals surface area contributed by atoms with Crippen molar-refractivity contribution < 1.29 is 22.7 Å². The minimum absolute atomic E-state index is 0.0232. The van der Waals surface area contributed by atoms with Crippen molar-refractivity contribution >= 4 is 40.0 Å². The fraction of sp³-hybridized carbons (Fsp3) is 0.263. The van der Waals surface area contributed by atoms with Crippen molar-refractivity contribution in [3.8, 4) is 5.75 Å². The maximum atomic E-state index is 12.8. The minimum atomic E-state index is -4.56.